The second-order valence-corrected chi connectivity index (χ2v) is 7.32. The number of nitrogens with zero attached hydrogens (tertiary/aromatic N) is 1. The zero-order valence-electron chi connectivity index (χ0n) is 9.09. The van der Waals surface area contributed by atoms with Crippen LogP contribution < -0.4 is 5.32 Å². The Morgan fingerprint density at radius 2 is 2.19 bits per heavy atom. The molecule has 84 valence electrons. The maximum atomic E-state index is 3.36. The molecule has 0 saturated carbocycles. The van der Waals surface area contributed by atoms with E-state index in [1.807, 2.05) is 0 Å². The Hall–Kier alpha value is -1.00. The van der Waals surface area contributed by atoms with Crippen molar-refractivity contribution in [3.8, 4) is 0 Å². The third-order valence-electron chi connectivity index (χ3n) is 2.58. The molecular weight excluding hydrogens is 236 g/mol. The minimum atomic E-state index is 0.205. The molecule has 0 aromatic heterocycles. The quantitative estimate of drug-likeness (QED) is 0.812. The van der Waals surface area contributed by atoms with Gasteiger partial charge in [0.05, 0.1) is 11.6 Å². The molecule has 2 nitrogen and oxygen atoms in total. The molecule has 2 heterocycles. The van der Waals surface area contributed by atoms with Crippen molar-refractivity contribution in [2.45, 2.75) is 4.90 Å². The fourth-order valence-corrected chi connectivity index (χ4v) is 4.65. The van der Waals surface area contributed by atoms with Gasteiger partial charge in [-0.25, -0.2) is 0 Å². The van der Waals surface area contributed by atoms with Gasteiger partial charge < -0.3 is 10.2 Å². The van der Waals surface area contributed by atoms with Crippen molar-refractivity contribution in [2.24, 2.45) is 0 Å². The Morgan fingerprint density at radius 3 is 3.00 bits per heavy atom. The van der Waals surface area contributed by atoms with Crippen LogP contribution in [0.1, 0.15) is 0 Å². The minimum Gasteiger partial charge on any atom is -0.356 e. The molecule has 0 amide bonds. The molecule has 16 heavy (non-hydrogen) atoms. The van der Waals surface area contributed by atoms with Gasteiger partial charge in [0.25, 0.3) is 0 Å². The largest absolute Gasteiger partial charge is 0.356 e. The van der Waals surface area contributed by atoms with E-state index in [4.69, 9.17) is 0 Å². The summed E-state index contributed by atoms with van der Waals surface area (Å²) in [5.41, 5.74) is 5.80. The van der Waals surface area contributed by atoms with Crippen LogP contribution in [0.5, 0.6) is 0 Å². The van der Waals surface area contributed by atoms with Crippen LogP contribution in [-0.4, -0.2) is 28.0 Å². The number of fused-ring (bicyclic) bond motifs is 1. The third-order valence-corrected chi connectivity index (χ3v) is 5.64. The first-order chi connectivity index (χ1) is 7.83. The maximum Gasteiger partial charge on any atom is 0.0690 e. The lowest BCUT2D eigenvalue weighted by Gasteiger charge is -2.14. The van der Waals surface area contributed by atoms with Gasteiger partial charge >= 0.3 is 0 Å². The van der Waals surface area contributed by atoms with Crippen molar-refractivity contribution in [3.63, 3.8) is 0 Å². The lowest BCUT2D eigenvalue weighted by Crippen LogP contribution is -2.12. The van der Waals surface area contributed by atoms with Crippen molar-refractivity contribution in [2.75, 3.05) is 17.4 Å². The SMILES string of the molecule is CS1=CN(CS2=CNc3ccccc32)C=C1. The molecule has 0 aliphatic carbocycles. The van der Waals surface area contributed by atoms with Gasteiger partial charge in [0.1, 0.15) is 0 Å². The lowest BCUT2D eigenvalue weighted by molar-refractivity contribution is 0.699. The molecule has 1 N–H and O–H groups in total. The van der Waals surface area contributed by atoms with Gasteiger partial charge in [-0.1, -0.05) is 12.1 Å². The molecule has 0 saturated heterocycles. The van der Waals surface area contributed by atoms with E-state index in [9.17, 15) is 0 Å². The predicted molar refractivity (Wildman–Crippen MR) is 77.4 cm³/mol. The van der Waals surface area contributed by atoms with Crippen molar-refractivity contribution >= 4 is 37.6 Å². The first kappa shape index (κ1) is 10.2. The number of para-hydroxylation sites is 1. The first-order valence-electron chi connectivity index (χ1n) is 5.14. The van der Waals surface area contributed by atoms with Crippen LogP contribution in [0.3, 0.4) is 0 Å². The summed E-state index contributed by atoms with van der Waals surface area (Å²) in [5, 5.41) is 5.62. The highest BCUT2D eigenvalue weighted by atomic mass is 32.2. The smallest absolute Gasteiger partial charge is 0.0690 e. The molecule has 2 unspecified atom stereocenters. The Kier molecular flexibility index (Phi) is 2.61. The zero-order chi connectivity index (χ0) is 11.0. The van der Waals surface area contributed by atoms with Crippen LogP contribution in [-0.2, 0) is 0 Å². The van der Waals surface area contributed by atoms with Crippen molar-refractivity contribution in [1.29, 1.82) is 0 Å². The first-order valence-corrected chi connectivity index (χ1v) is 8.36. The van der Waals surface area contributed by atoms with Gasteiger partial charge in [0.15, 0.2) is 0 Å². The van der Waals surface area contributed by atoms with E-state index in [0.717, 1.165) is 5.88 Å². The van der Waals surface area contributed by atoms with Crippen molar-refractivity contribution in [1.82, 2.24) is 4.90 Å². The molecule has 2 aliphatic rings. The summed E-state index contributed by atoms with van der Waals surface area (Å²) in [6.45, 7) is 0. The van der Waals surface area contributed by atoms with Crippen LogP contribution in [0.25, 0.3) is 0 Å². The highest BCUT2D eigenvalue weighted by Crippen LogP contribution is 2.38. The second kappa shape index (κ2) is 4.11. The van der Waals surface area contributed by atoms with Gasteiger partial charge in [-0.05, 0) is 23.8 Å². The maximum absolute atomic E-state index is 3.36. The number of nitrogens with one attached hydrogen (secondary N) is 1. The van der Waals surface area contributed by atoms with E-state index in [0.29, 0.717) is 10.5 Å². The molecule has 2 atom stereocenters. The van der Waals surface area contributed by atoms with E-state index in [1.54, 1.807) is 0 Å². The van der Waals surface area contributed by atoms with Gasteiger partial charge in [-0.2, -0.15) is 0 Å². The highest BCUT2D eigenvalue weighted by molar-refractivity contribution is 8.17. The molecule has 2 aliphatic heterocycles. The number of rotatable bonds is 2. The molecule has 0 radical (unpaired) electrons. The van der Waals surface area contributed by atoms with Gasteiger partial charge in [0, 0.05) is 22.1 Å². The van der Waals surface area contributed by atoms with Gasteiger partial charge in [-0.15, -0.1) is 21.0 Å². The third kappa shape index (κ3) is 1.83. The number of anilines is 1. The molecule has 3 rings (SSSR count). The Labute approximate surface area is 101 Å². The molecule has 4 heteroatoms. The van der Waals surface area contributed by atoms with Crippen LogP contribution in [0.2, 0.25) is 0 Å². The summed E-state index contributed by atoms with van der Waals surface area (Å²) in [6.07, 6.45) is 4.44. The van der Waals surface area contributed by atoms with Crippen LogP contribution in [0.4, 0.5) is 5.69 Å². The normalized spacial score (nSPS) is 25.9. The van der Waals surface area contributed by atoms with Gasteiger partial charge in [0.2, 0.25) is 0 Å². The number of benzene rings is 1. The van der Waals surface area contributed by atoms with E-state index >= 15 is 0 Å². The molecule has 1 aromatic rings. The summed E-state index contributed by atoms with van der Waals surface area (Å²) in [7, 11) is 0.535. The number of hydrogen-bond acceptors (Lipinski definition) is 2. The van der Waals surface area contributed by atoms with Crippen LogP contribution in [0.15, 0.2) is 40.8 Å². The number of hydrogen-bond donors (Lipinski definition) is 1. The van der Waals surface area contributed by atoms with Crippen molar-refractivity contribution in [3.05, 3.63) is 35.9 Å². The van der Waals surface area contributed by atoms with Gasteiger partial charge in [-0.3, -0.25) is 0 Å². The van der Waals surface area contributed by atoms with Crippen LogP contribution in [0, 0.1) is 0 Å². The summed E-state index contributed by atoms with van der Waals surface area (Å²) >= 11 is 0. The molecular formula is C12H14N2S2. The average molecular weight is 250 g/mol. The molecule has 0 fully saturated rings. The Morgan fingerprint density at radius 1 is 1.31 bits per heavy atom. The monoisotopic (exact) mass is 250 g/mol. The van der Waals surface area contributed by atoms with E-state index in [-0.39, 0.29) is 10.5 Å². The second-order valence-electron chi connectivity index (χ2n) is 3.83. The summed E-state index contributed by atoms with van der Waals surface area (Å²) < 4.78 is 0. The predicted octanol–water partition coefficient (Wildman–Crippen LogP) is 2.90. The Bertz CT molecular complexity index is 518. The Balaban J connectivity index is 1.81. The summed E-state index contributed by atoms with van der Waals surface area (Å²) in [6, 6.07) is 8.57. The highest BCUT2D eigenvalue weighted by Gasteiger charge is 2.13. The molecule has 0 bridgehead atoms. The standard InChI is InChI=1S/C12H14N2S2/c1-15-7-6-14(9-15)10-16-8-13-11-4-2-3-5-12(11)16/h2-9,13H,10H2,1H3. The average Bonchev–Trinajstić information content (AvgIpc) is 2.87. The topological polar surface area (TPSA) is 15.3 Å². The zero-order valence-corrected chi connectivity index (χ0v) is 10.7. The van der Waals surface area contributed by atoms with E-state index in [2.05, 4.69) is 63.3 Å². The fourth-order valence-electron chi connectivity index (χ4n) is 1.81. The van der Waals surface area contributed by atoms with Crippen molar-refractivity contribution < 1.29 is 0 Å². The minimum absolute atomic E-state index is 0.205. The fraction of sp³-hybridized carbons (Fsp3) is 0.167. The van der Waals surface area contributed by atoms with Crippen LogP contribution >= 0.6 is 21.0 Å². The molecule has 1 aromatic carbocycles. The lowest BCUT2D eigenvalue weighted by atomic mass is 10.3. The van der Waals surface area contributed by atoms with E-state index in [1.165, 1.54) is 10.6 Å². The summed E-state index contributed by atoms with van der Waals surface area (Å²) in [4.78, 5) is 3.75. The molecule has 0 spiro atoms. The van der Waals surface area contributed by atoms with E-state index < -0.39 is 0 Å². The summed E-state index contributed by atoms with van der Waals surface area (Å²) in [5.74, 6) is 1.07.